The van der Waals surface area contributed by atoms with E-state index in [9.17, 15) is 9.59 Å². The fourth-order valence-corrected chi connectivity index (χ4v) is 4.51. The molecule has 3 aromatic heterocycles. The Hall–Kier alpha value is -3.00. The second-order valence-electron chi connectivity index (χ2n) is 7.81. The molecular formula is C23H27N5O2S. The van der Waals surface area contributed by atoms with Crippen molar-refractivity contribution in [1.29, 1.82) is 0 Å². The van der Waals surface area contributed by atoms with Gasteiger partial charge in [-0.1, -0.05) is 49.6 Å². The van der Waals surface area contributed by atoms with Gasteiger partial charge >= 0.3 is 0 Å². The molecule has 0 radical (unpaired) electrons. The predicted molar refractivity (Wildman–Crippen MR) is 124 cm³/mol. The Bertz CT molecular complexity index is 1250. The first-order chi connectivity index (χ1) is 15.1. The molecule has 162 valence electrons. The van der Waals surface area contributed by atoms with Crippen LogP contribution in [0.1, 0.15) is 49.6 Å². The van der Waals surface area contributed by atoms with Gasteiger partial charge in [0.05, 0.1) is 5.52 Å². The SMILES string of the molecule is CCCCCn1c(=O)c2sccc2n2c(CCC(=O)NCc3ccc(C)cc3)nnc12. The first-order valence-electron chi connectivity index (χ1n) is 10.7. The minimum absolute atomic E-state index is 0.0107. The number of fused-ring (bicyclic) bond motifs is 3. The maximum absolute atomic E-state index is 12.9. The first-order valence-corrected chi connectivity index (χ1v) is 11.6. The molecule has 0 aliphatic heterocycles. The van der Waals surface area contributed by atoms with Crippen molar-refractivity contribution in [2.45, 2.75) is 59.0 Å². The average molecular weight is 438 g/mol. The van der Waals surface area contributed by atoms with Crippen molar-refractivity contribution in [3.63, 3.8) is 0 Å². The topological polar surface area (TPSA) is 81.3 Å². The van der Waals surface area contributed by atoms with Crippen LogP contribution >= 0.6 is 11.3 Å². The summed E-state index contributed by atoms with van der Waals surface area (Å²) in [6.07, 6.45) is 3.84. The van der Waals surface area contributed by atoms with Crippen molar-refractivity contribution in [3.05, 3.63) is 63.0 Å². The van der Waals surface area contributed by atoms with Crippen LogP contribution in [0, 0.1) is 6.92 Å². The zero-order chi connectivity index (χ0) is 21.8. The van der Waals surface area contributed by atoms with Gasteiger partial charge in [-0.3, -0.25) is 18.6 Å². The highest BCUT2D eigenvalue weighted by molar-refractivity contribution is 7.17. The molecule has 31 heavy (non-hydrogen) atoms. The molecule has 0 aliphatic carbocycles. The number of carbonyl (C=O) groups is 1. The van der Waals surface area contributed by atoms with Crippen molar-refractivity contribution in [2.75, 3.05) is 0 Å². The number of benzene rings is 1. The highest BCUT2D eigenvalue weighted by Gasteiger charge is 2.17. The van der Waals surface area contributed by atoms with Crippen LogP contribution in [-0.4, -0.2) is 25.1 Å². The van der Waals surface area contributed by atoms with Crippen molar-refractivity contribution in [2.24, 2.45) is 0 Å². The molecule has 0 aliphatic rings. The number of amides is 1. The van der Waals surface area contributed by atoms with Gasteiger partial charge in [-0.2, -0.15) is 0 Å². The highest BCUT2D eigenvalue weighted by Crippen LogP contribution is 2.20. The van der Waals surface area contributed by atoms with Gasteiger partial charge in [-0.15, -0.1) is 21.5 Å². The third kappa shape index (κ3) is 4.54. The van der Waals surface area contributed by atoms with E-state index in [0.29, 0.717) is 42.2 Å². The lowest BCUT2D eigenvalue weighted by Gasteiger charge is -2.09. The van der Waals surface area contributed by atoms with Gasteiger partial charge in [-0.25, -0.2) is 0 Å². The Labute approximate surface area is 184 Å². The zero-order valence-electron chi connectivity index (χ0n) is 17.9. The quantitative estimate of drug-likeness (QED) is 0.403. The summed E-state index contributed by atoms with van der Waals surface area (Å²) in [5, 5.41) is 13.5. The summed E-state index contributed by atoms with van der Waals surface area (Å²) >= 11 is 1.44. The number of thiophene rings is 1. The number of rotatable bonds is 9. The Morgan fingerprint density at radius 3 is 2.71 bits per heavy atom. The summed E-state index contributed by atoms with van der Waals surface area (Å²) in [6.45, 7) is 5.31. The zero-order valence-corrected chi connectivity index (χ0v) is 18.7. The lowest BCUT2D eigenvalue weighted by atomic mass is 10.1. The van der Waals surface area contributed by atoms with Gasteiger partial charge in [0, 0.05) is 25.9 Å². The van der Waals surface area contributed by atoms with Crippen LogP contribution in [0.3, 0.4) is 0 Å². The predicted octanol–water partition coefficient (Wildman–Crippen LogP) is 3.85. The van der Waals surface area contributed by atoms with Crippen molar-refractivity contribution < 1.29 is 4.79 Å². The Morgan fingerprint density at radius 2 is 1.94 bits per heavy atom. The maximum Gasteiger partial charge on any atom is 0.272 e. The molecule has 0 saturated heterocycles. The second-order valence-corrected chi connectivity index (χ2v) is 8.73. The van der Waals surface area contributed by atoms with E-state index in [2.05, 4.69) is 22.4 Å². The standard InChI is InChI=1S/C23H27N5O2S/c1-3-4-5-13-27-22(30)21-18(12-14-31-21)28-19(25-26-23(27)28)10-11-20(29)24-15-17-8-6-16(2)7-9-17/h6-9,12,14H,3-5,10-11,13,15H2,1-2H3,(H,24,29). The van der Waals surface area contributed by atoms with Crippen LogP contribution in [0.5, 0.6) is 0 Å². The number of aryl methyl sites for hydroxylation is 3. The number of unbranched alkanes of at least 4 members (excludes halogenated alkanes) is 2. The summed E-state index contributed by atoms with van der Waals surface area (Å²) in [5.41, 5.74) is 3.07. The summed E-state index contributed by atoms with van der Waals surface area (Å²) in [6, 6.07) is 10.0. The second kappa shape index (κ2) is 9.43. The molecule has 1 amide bonds. The Morgan fingerprint density at radius 1 is 1.13 bits per heavy atom. The number of carbonyl (C=O) groups excluding carboxylic acids is 1. The number of hydrogen-bond acceptors (Lipinski definition) is 5. The van der Waals surface area contributed by atoms with E-state index in [1.165, 1.54) is 16.9 Å². The first kappa shape index (κ1) is 21.2. The van der Waals surface area contributed by atoms with E-state index < -0.39 is 0 Å². The van der Waals surface area contributed by atoms with Crippen LogP contribution in [0.15, 0.2) is 40.5 Å². The Balaban J connectivity index is 1.52. The molecule has 8 heteroatoms. The molecule has 1 aromatic carbocycles. The van der Waals surface area contributed by atoms with E-state index in [1.54, 1.807) is 4.57 Å². The monoisotopic (exact) mass is 437 g/mol. The van der Waals surface area contributed by atoms with Crippen molar-refractivity contribution in [3.8, 4) is 0 Å². The van der Waals surface area contributed by atoms with Crippen LogP contribution in [0.4, 0.5) is 0 Å². The molecule has 4 aromatic rings. The number of nitrogens with zero attached hydrogens (tertiary/aromatic N) is 4. The van der Waals surface area contributed by atoms with E-state index in [-0.39, 0.29) is 11.5 Å². The Kier molecular flexibility index (Phi) is 6.46. The van der Waals surface area contributed by atoms with E-state index in [0.717, 1.165) is 30.3 Å². The number of aromatic nitrogens is 4. The molecule has 0 spiro atoms. The lowest BCUT2D eigenvalue weighted by molar-refractivity contribution is -0.121. The fraction of sp³-hybridized carbons (Fsp3) is 0.391. The fourth-order valence-electron chi connectivity index (χ4n) is 3.68. The summed E-state index contributed by atoms with van der Waals surface area (Å²) < 4.78 is 4.36. The van der Waals surface area contributed by atoms with Crippen molar-refractivity contribution in [1.82, 2.24) is 24.5 Å². The van der Waals surface area contributed by atoms with E-state index in [4.69, 9.17) is 0 Å². The molecular weight excluding hydrogens is 410 g/mol. The third-order valence-electron chi connectivity index (χ3n) is 5.45. The summed E-state index contributed by atoms with van der Waals surface area (Å²) in [7, 11) is 0. The number of nitrogens with one attached hydrogen (secondary N) is 1. The van der Waals surface area contributed by atoms with Gasteiger partial charge in [0.1, 0.15) is 10.5 Å². The molecule has 0 fully saturated rings. The third-order valence-corrected chi connectivity index (χ3v) is 6.34. The van der Waals surface area contributed by atoms with Crippen LogP contribution in [0.2, 0.25) is 0 Å². The summed E-state index contributed by atoms with van der Waals surface area (Å²) in [4.78, 5) is 25.3. The molecule has 4 rings (SSSR count). The van der Waals surface area contributed by atoms with Crippen LogP contribution in [-0.2, 0) is 24.3 Å². The minimum Gasteiger partial charge on any atom is -0.352 e. The van der Waals surface area contributed by atoms with Crippen LogP contribution in [0.25, 0.3) is 16.0 Å². The van der Waals surface area contributed by atoms with Gasteiger partial charge < -0.3 is 5.32 Å². The molecule has 0 bridgehead atoms. The maximum atomic E-state index is 12.9. The molecule has 7 nitrogen and oxygen atoms in total. The molecule has 0 atom stereocenters. The highest BCUT2D eigenvalue weighted by atomic mass is 32.1. The molecule has 3 heterocycles. The minimum atomic E-state index is -0.0323. The number of hydrogen-bond donors (Lipinski definition) is 1. The van der Waals surface area contributed by atoms with Gasteiger partial charge in [0.15, 0.2) is 0 Å². The molecule has 0 unspecified atom stereocenters. The van der Waals surface area contributed by atoms with E-state index in [1.807, 2.05) is 47.0 Å². The largest absolute Gasteiger partial charge is 0.352 e. The molecule has 1 N–H and O–H groups in total. The smallest absolute Gasteiger partial charge is 0.272 e. The molecule has 0 saturated carbocycles. The summed E-state index contributed by atoms with van der Waals surface area (Å²) in [5.74, 6) is 1.23. The van der Waals surface area contributed by atoms with E-state index >= 15 is 0 Å². The average Bonchev–Trinajstić information content (AvgIpc) is 3.41. The van der Waals surface area contributed by atoms with Gasteiger partial charge in [-0.05, 0) is 30.4 Å². The van der Waals surface area contributed by atoms with Gasteiger partial charge in [0.25, 0.3) is 5.56 Å². The lowest BCUT2D eigenvalue weighted by Crippen LogP contribution is -2.24. The van der Waals surface area contributed by atoms with Crippen LogP contribution < -0.4 is 10.9 Å². The van der Waals surface area contributed by atoms with Crippen molar-refractivity contribution >= 4 is 33.2 Å². The van der Waals surface area contributed by atoms with Gasteiger partial charge in [0.2, 0.25) is 11.7 Å². The normalized spacial score (nSPS) is 11.4.